The fourth-order valence-corrected chi connectivity index (χ4v) is 7.97. The molecule has 14 nitrogen and oxygen atoms in total. The van der Waals surface area contributed by atoms with Crippen LogP contribution in [0.25, 0.3) is 27.7 Å². The molecule has 55 heavy (non-hydrogen) atoms. The average molecular weight is 749 g/mol. The lowest BCUT2D eigenvalue weighted by molar-refractivity contribution is 0.103. The number of hydrogen-bond donors (Lipinski definition) is 0. The smallest absolute Gasteiger partial charge is 0.346 e. The SMILES string of the molecule is COCc1nc2c3c(c(OC)cc2n1C)-c1cccn2c(C(=O)c4cc(F)c(N(C)C5CCN(C(=O)n6cnc(CC#N)n6)C5)c(F)c4)cc(c12)CCN3C. The molecule has 1 unspecified atom stereocenters. The molecule has 0 radical (unpaired) electrons. The summed E-state index contributed by atoms with van der Waals surface area (Å²) >= 11 is 0. The fraction of sp³-hybridized carbons (Fsp3) is 0.333. The van der Waals surface area contributed by atoms with E-state index >= 15 is 8.78 Å². The van der Waals surface area contributed by atoms with E-state index in [4.69, 9.17) is 19.7 Å². The molecule has 2 aliphatic heterocycles. The van der Waals surface area contributed by atoms with Gasteiger partial charge in [-0.1, -0.05) is 6.07 Å². The number of methoxy groups -OCH3 is 2. The minimum absolute atomic E-state index is 0.0286. The topological polar surface area (TPSA) is 139 Å². The van der Waals surface area contributed by atoms with E-state index < -0.39 is 29.5 Å². The molecule has 4 aromatic heterocycles. The van der Waals surface area contributed by atoms with Crippen molar-refractivity contribution in [2.75, 3.05) is 57.7 Å². The van der Waals surface area contributed by atoms with E-state index in [0.29, 0.717) is 38.3 Å². The van der Waals surface area contributed by atoms with Gasteiger partial charge in [-0.2, -0.15) is 9.94 Å². The third kappa shape index (κ3) is 5.82. The molecule has 6 heterocycles. The van der Waals surface area contributed by atoms with Crippen molar-refractivity contribution >= 4 is 39.7 Å². The summed E-state index contributed by atoms with van der Waals surface area (Å²) in [5.41, 5.74) is 5.81. The van der Waals surface area contributed by atoms with E-state index in [2.05, 4.69) is 15.0 Å². The second kappa shape index (κ2) is 13.8. The van der Waals surface area contributed by atoms with Gasteiger partial charge in [-0.25, -0.2) is 23.5 Å². The van der Waals surface area contributed by atoms with E-state index in [1.165, 1.54) is 16.1 Å². The van der Waals surface area contributed by atoms with E-state index in [1.807, 2.05) is 42.9 Å². The van der Waals surface area contributed by atoms with Crippen molar-refractivity contribution in [3.63, 3.8) is 0 Å². The van der Waals surface area contributed by atoms with E-state index in [-0.39, 0.29) is 35.7 Å². The second-order valence-corrected chi connectivity index (χ2v) is 13.9. The van der Waals surface area contributed by atoms with Gasteiger partial charge in [0, 0.05) is 77.3 Å². The number of nitrogens with zero attached hydrogens (tertiary/aromatic N) is 10. The number of fused-ring (bicyclic) bond motifs is 4. The van der Waals surface area contributed by atoms with Gasteiger partial charge in [0.05, 0.1) is 47.6 Å². The number of aromatic nitrogens is 6. The summed E-state index contributed by atoms with van der Waals surface area (Å²) in [5.74, 6) is -0.674. The molecule has 1 atom stereocenters. The summed E-state index contributed by atoms with van der Waals surface area (Å²) in [4.78, 5) is 41.3. The van der Waals surface area contributed by atoms with Crippen LogP contribution in [0, 0.1) is 23.0 Å². The molecule has 282 valence electrons. The molecule has 1 amide bonds. The van der Waals surface area contributed by atoms with Crippen LogP contribution < -0.4 is 14.5 Å². The number of amides is 1. The number of imidazole rings is 1. The van der Waals surface area contributed by atoms with Gasteiger partial charge >= 0.3 is 6.03 Å². The summed E-state index contributed by atoms with van der Waals surface area (Å²) < 4.78 is 48.2. The summed E-state index contributed by atoms with van der Waals surface area (Å²) in [6, 6.07) is 10.8. The van der Waals surface area contributed by atoms with Gasteiger partial charge in [-0.15, -0.1) is 5.10 Å². The Labute approximate surface area is 314 Å². The van der Waals surface area contributed by atoms with Crippen LogP contribution in [0.3, 0.4) is 0 Å². The van der Waals surface area contributed by atoms with E-state index in [1.54, 1.807) is 37.9 Å². The van der Waals surface area contributed by atoms with Crippen LogP contribution in [-0.2, 0) is 31.2 Å². The first kappa shape index (κ1) is 35.7. The molecule has 0 saturated carbocycles. The maximum atomic E-state index is 15.9. The predicted molar refractivity (Wildman–Crippen MR) is 200 cm³/mol. The summed E-state index contributed by atoms with van der Waals surface area (Å²) in [5, 5.41) is 12.9. The Morgan fingerprint density at radius 3 is 2.62 bits per heavy atom. The highest BCUT2D eigenvalue weighted by molar-refractivity contribution is 6.11. The number of nitriles is 1. The van der Waals surface area contributed by atoms with E-state index in [0.717, 1.165) is 61.6 Å². The molecular weight excluding hydrogens is 710 g/mol. The van der Waals surface area contributed by atoms with Crippen molar-refractivity contribution in [2.45, 2.75) is 31.9 Å². The third-order valence-electron chi connectivity index (χ3n) is 10.8. The second-order valence-electron chi connectivity index (χ2n) is 13.9. The number of carbonyl (C=O) groups excluding carboxylic acids is 2. The highest BCUT2D eigenvalue weighted by atomic mass is 19.1. The molecule has 0 bridgehead atoms. The normalized spacial score (nSPS) is 15.3. The molecule has 0 N–H and O–H groups in total. The minimum atomic E-state index is -0.889. The van der Waals surface area contributed by atoms with Crippen LogP contribution in [0.15, 0.2) is 48.9 Å². The maximum absolute atomic E-state index is 15.9. The molecule has 1 saturated heterocycles. The Morgan fingerprint density at radius 1 is 1.11 bits per heavy atom. The zero-order valence-corrected chi connectivity index (χ0v) is 31.0. The average Bonchev–Trinajstić information content (AvgIpc) is 3.98. The summed E-state index contributed by atoms with van der Waals surface area (Å²) in [6.07, 6.45) is 4.05. The first-order valence-corrected chi connectivity index (χ1v) is 17.8. The van der Waals surface area contributed by atoms with Gasteiger partial charge in [0.1, 0.15) is 47.3 Å². The lowest BCUT2D eigenvalue weighted by Gasteiger charge is -2.27. The molecule has 2 aliphatic rings. The van der Waals surface area contributed by atoms with Gasteiger partial charge < -0.3 is 33.1 Å². The number of pyridine rings is 1. The molecular formula is C39H38F2N10O4. The number of aryl methyl sites for hydroxylation is 1. The lowest BCUT2D eigenvalue weighted by Crippen LogP contribution is -2.39. The quantitative estimate of drug-likeness (QED) is 0.196. The van der Waals surface area contributed by atoms with Crippen LogP contribution in [-0.4, -0.2) is 99.4 Å². The van der Waals surface area contributed by atoms with Crippen molar-refractivity contribution in [1.82, 2.24) is 33.6 Å². The molecule has 2 aromatic carbocycles. The Morgan fingerprint density at radius 2 is 1.89 bits per heavy atom. The monoisotopic (exact) mass is 748 g/mol. The number of hydrogen-bond acceptors (Lipinski definition) is 10. The number of benzene rings is 2. The van der Waals surface area contributed by atoms with Crippen LogP contribution in [0.2, 0.25) is 0 Å². The standard InChI is InChI=1S/C39H38F2N10O4/c1-46-13-9-22-17-29(50-12-6-7-25(35(22)50)33-30(55-5)18-28-34(37(33)46)44-32(20-54-4)48(28)3)38(52)23-15-26(40)36(27(41)16-23)47(2)24-10-14-49(19-24)39(53)51-21-43-31(45-51)8-11-42/h6-7,12,15-18,21,24H,8-10,13-14,19-20H2,1-5H3. The van der Waals surface area contributed by atoms with Gasteiger partial charge in [0.2, 0.25) is 5.78 Å². The summed E-state index contributed by atoms with van der Waals surface area (Å²) in [7, 11) is 8.77. The van der Waals surface area contributed by atoms with Gasteiger partial charge in [-0.3, -0.25) is 4.79 Å². The molecule has 0 spiro atoms. The zero-order valence-electron chi connectivity index (χ0n) is 31.0. The number of carbonyl (C=O) groups is 2. The number of ketones is 1. The first-order valence-electron chi connectivity index (χ1n) is 17.8. The van der Waals surface area contributed by atoms with Crippen LogP contribution >= 0.6 is 0 Å². The first-order chi connectivity index (χ1) is 26.5. The van der Waals surface area contributed by atoms with E-state index in [9.17, 15) is 9.59 Å². The summed E-state index contributed by atoms with van der Waals surface area (Å²) in [6.45, 7) is 1.46. The van der Waals surface area contributed by atoms with Gasteiger partial charge in [0.15, 0.2) is 5.82 Å². The predicted octanol–water partition coefficient (Wildman–Crippen LogP) is 4.99. The highest BCUT2D eigenvalue weighted by Gasteiger charge is 2.34. The molecule has 16 heteroatoms. The van der Waals surface area contributed by atoms with Gasteiger partial charge in [-0.05, 0) is 42.7 Å². The van der Waals surface area contributed by atoms with Crippen molar-refractivity contribution < 1.29 is 27.8 Å². The Hall–Kier alpha value is -6.34. The number of ether oxygens (including phenoxy) is 2. The zero-order chi connectivity index (χ0) is 38.7. The largest absolute Gasteiger partial charge is 0.496 e. The number of likely N-dealkylation sites (tertiary alicyclic amines) is 1. The highest BCUT2D eigenvalue weighted by Crippen LogP contribution is 2.47. The van der Waals surface area contributed by atoms with Crippen molar-refractivity contribution in [3.8, 4) is 22.9 Å². The Kier molecular flexibility index (Phi) is 8.96. The third-order valence-corrected chi connectivity index (χ3v) is 10.8. The van der Waals surface area contributed by atoms with Crippen LogP contribution in [0.1, 0.15) is 39.7 Å². The fourth-order valence-electron chi connectivity index (χ4n) is 7.97. The number of anilines is 2. The molecule has 1 fully saturated rings. The lowest BCUT2D eigenvalue weighted by atomic mass is 9.96. The number of likely N-dealkylation sites (N-methyl/N-ethyl adjacent to an activating group) is 2. The van der Waals surface area contributed by atoms with Crippen molar-refractivity contribution in [2.24, 2.45) is 7.05 Å². The number of rotatable bonds is 8. The van der Waals surface area contributed by atoms with Crippen LogP contribution in [0.5, 0.6) is 5.75 Å². The van der Waals surface area contributed by atoms with Crippen molar-refractivity contribution in [3.05, 3.63) is 89.0 Å². The maximum Gasteiger partial charge on any atom is 0.346 e. The van der Waals surface area contributed by atoms with Crippen molar-refractivity contribution in [1.29, 1.82) is 5.26 Å². The number of halogens is 2. The Balaban J connectivity index is 1.12. The van der Waals surface area contributed by atoms with Gasteiger partial charge in [0.25, 0.3) is 0 Å². The molecule has 0 aliphatic carbocycles. The molecule has 8 rings (SSSR count). The van der Waals surface area contributed by atoms with Crippen LogP contribution in [0.4, 0.5) is 25.0 Å². The molecule has 6 aromatic rings. The minimum Gasteiger partial charge on any atom is -0.496 e. The Bertz CT molecular complexity index is 2550.